The second-order valence-corrected chi connectivity index (χ2v) is 12.6. The summed E-state index contributed by atoms with van der Waals surface area (Å²) in [6.45, 7) is 2.32. The van der Waals surface area contributed by atoms with Crippen molar-refractivity contribution in [1.82, 2.24) is 0 Å². The van der Waals surface area contributed by atoms with Crippen molar-refractivity contribution in [3.63, 3.8) is 0 Å². The van der Waals surface area contributed by atoms with Gasteiger partial charge in [-0.05, 0) is 73.8 Å². The van der Waals surface area contributed by atoms with Gasteiger partial charge in [0.05, 0.1) is 0 Å². The highest BCUT2D eigenvalue weighted by atomic mass is 28.3. The van der Waals surface area contributed by atoms with E-state index in [2.05, 4.69) is 24.8 Å². The van der Waals surface area contributed by atoms with Gasteiger partial charge in [0.15, 0.2) is 0 Å². The Morgan fingerprint density at radius 2 is 1.64 bits per heavy atom. The van der Waals surface area contributed by atoms with Crippen LogP contribution in [0.4, 0.5) is 4.39 Å². The Kier molecular flexibility index (Phi) is 8.87. The summed E-state index contributed by atoms with van der Waals surface area (Å²) >= 11 is 0. The van der Waals surface area contributed by atoms with Crippen LogP contribution >= 0.6 is 0 Å². The van der Waals surface area contributed by atoms with E-state index in [0.717, 1.165) is 17.4 Å². The van der Waals surface area contributed by atoms with Crippen molar-refractivity contribution in [1.29, 1.82) is 0 Å². The molecule has 152 valence electrons. The van der Waals surface area contributed by atoms with Crippen LogP contribution in [0.2, 0.25) is 18.1 Å². The maximum absolute atomic E-state index is 12.9. The molecule has 0 atom stereocenters. The number of unbranched alkanes of at least 4 members (excludes halogenated alkanes) is 2. The summed E-state index contributed by atoms with van der Waals surface area (Å²) in [7, 11) is -0.358. The molecule has 0 N–H and O–H groups in total. The second kappa shape index (κ2) is 11.6. The van der Waals surface area contributed by atoms with Crippen LogP contribution in [0.1, 0.15) is 70.3 Å². The number of rotatable bonds is 6. The van der Waals surface area contributed by atoms with Crippen molar-refractivity contribution >= 4 is 8.80 Å². The van der Waals surface area contributed by atoms with E-state index in [-0.39, 0.29) is 14.6 Å². The molecule has 3 rings (SSSR count). The van der Waals surface area contributed by atoms with Crippen LogP contribution in [0.15, 0.2) is 36.4 Å². The van der Waals surface area contributed by atoms with Gasteiger partial charge in [0, 0.05) is 14.4 Å². The van der Waals surface area contributed by atoms with E-state index in [1.807, 2.05) is 6.08 Å². The minimum absolute atomic E-state index is 0.204. The number of hydrogen-bond acceptors (Lipinski definition) is 0. The van der Waals surface area contributed by atoms with Gasteiger partial charge in [-0.15, -0.1) is 0 Å². The summed E-state index contributed by atoms with van der Waals surface area (Å²) in [5.41, 5.74) is 0.878. The molecule has 2 aliphatic rings. The van der Waals surface area contributed by atoms with Crippen molar-refractivity contribution in [3.8, 4) is 11.8 Å². The third kappa shape index (κ3) is 6.93. The molecule has 2 heteroatoms. The van der Waals surface area contributed by atoms with Gasteiger partial charge in [-0.3, -0.25) is 0 Å². The first-order chi connectivity index (χ1) is 13.7. The predicted octanol–water partition coefficient (Wildman–Crippen LogP) is 7.37. The van der Waals surface area contributed by atoms with Crippen LogP contribution in [0.5, 0.6) is 0 Å². The Morgan fingerprint density at radius 1 is 0.964 bits per heavy atom. The smallest absolute Gasteiger partial charge is 0.123 e. The third-order valence-electron chi connectivity index (χ3n) is 7.10. The zero-order valence-electron chi connectivity index (χ0n) is 17.6. The Morgan fingerprint density at radius 3 is 2.32 bits per heavy atom. The summed E-state index contributed by atoms with van der Waals surface area (Å²) in [6, 6.07) is 11.3. The molecule has 1 aromatic carbocycles. The molecule has 1 aliphatic carbocycles. The average molecular weight is 397 g/mol. The van der Waals surface area contributed by atoms with E-state index in [1.54, 1.807) is 43.1 Å². The molecule has 0 aromatic heterocycles. The summed E-state index contributed by atoms with van der Waals surface area (Å²) in [5, 5.41) is 0. The van der Waals surface area contributed by atoms with Gasteiger partial charge < -0.3 is 0 Å². The highest BCUT2D eigenvalue weighted by molar-refractivity contribution is 6.58. The first-order valence-corrected chi connectivity index (χ1v) is 14.1. The van der Waals surface area contributed by atoms with Crippen molar-refractivity contribution in [2.45, 2.75) is 82.8 Å². The van der Waals surface area contributed by atoms with Crippen molar-refractivity contribution in [2.75, 3.05) is 0 Å². The lowest BCUT2D eigenvalue weighted by molar-refractivity contribution is 0.208. The van der Waals surface area contributed by atoms with E-state index >= 15 is 0 Å². The van der Waals surface area contributed by atoms with Gasteiger partial charge in [0.25, 0.3) is 0 Å². The summed E-state index contributed by atoms with van der Waals surface area (Å²) in [6.07, 6.45) is 17.3. The molecular formula is C26H37FSi. The SMILES string of the molecule is CCCCC[Si@H]1CC[C@H](C2CCC(/C=C/C#Cc3ccc(F)cc3)CC2)CC1. The highest BCUT2D eigenvalue weighted by Gasteiger charge is 2.30. The normalized spacial score (nSPS) is 28.1. The maximum atomic E-state index is 12.9. The lowest BCUT2D eigenvalue weighted by Crippen LogP contribution is -2.28. The van der Waals surface area contributed by atoms with Crippen molar-refractivity contribution < 1.29 is 4.39 Å². The fourth-order valence-electron chi connectivity index (χ4n) is 5.28. The Labute approximate surface area is 173 Å². The average Bonchev–Trinajstić information content (AvgIpc) is 2.74. The van der Waals surface area contributed by atoms with Crippen LogP contribution in [0.25, 0.3) is 0 Å². The predicted molar refractivity (Wildman–Crippen MR) is 122 cm³/mol. The first-order valence-electron chi connectivity index (χ1n) is 11.7. The molecule has 2 fully saturated rings. The van der Waals surface area contributed by atoms with Crippen LogP contribution in [0, 0.1) is 35.4 Å². The van der Waals surface area contributed by atoms with Gasteiger partial charge in [-0.2, -0.15) is 0 Å². The van der Waals surface area contributed by atoms with Gasteiger partial charge in [-0.25, -0.2) is 4.39 Å². The van der Waals surface area contributed by atoms with Gasteiger partial charge in [0.2, 0.25) is 0 Å². The minimum Gasteiger partial charge on any atom is -0.207 e. The molecule has 0 radical (unpaired) electrons. The lowest BCUT2D eigenvalue weighted by atomic mass is 9.74. The molecule has 0 bridgehead atoms. The first kappa shape index (κ1) is 21.4. The Balaban J connectivity index is 1.35. The number of hydrogen-bond donors (Lipinski definition) is 0. The van der Waals surface area contributed by atoms with E-state index in [9.17, 15) is 4.39 Å². The van der Waals surface area contributed by atoms with E-state index in [0.29, 0.717) is 5.92 Å². The molecule has 0 amide bonds. The topological polar surface area (TPSA) is 0 Å². The summed E-state index contributed by atoms with van der Waals surface area (Å²) in [4.78, 5) is 0. The maximum Gasteiger partial charge on any atom is 0.123 e. The van der Waals surface area contributed by atoms with E-state index in [1.165, 1.54) is 57.1 Å². The quantitative estimate of drug-likeness (QED) is 0.267. The van der Waals surface area contributed by atoms with Crippen LogP contribution < -0.4 is 0 Å². The third-order valence-corrected chi connectivity index (χ3v) is 10.6. The molecule has 28 heavy (non-hydrogen) atoms. The monoisotopic (exact) mass is 396 g/mol. The second-order valence-electron chi connectivity index (χ2n) is 9.09. The molecule has 0 unspecified atom stereocenters. The number of halogens is 1. The zero-order chi connectivity index (χ0) is 19.6. The summed E-state index contributed by atoms with van der Waals surface area (Å²) < 4.78 is 12.9. The Bertz CT molecular complexity index is 650. The fraction of sp³-hybridized carbons (Fsp3) is 0.615. The molecule has 1 aliphatic heterocycles. The lowest BCUT2D eigenvalue weighted by Gasteiger charge is -2.37. The number of allylic oxidation sites excluding steroid dienone is 2. The van der Waals surface area contributed by atoms with Gasteiger partial charge in [0.1, 0.15) is 5.82 Å². The molecule has 1 aromatic rings. The molecular weight excluding hydrogens is 359 g/mol. The molecule has 0 spiro atoms. The molecule has 1 saturated heterocycles. The Hall–Kier alpha value is -1.33. The molecule has 1 heterocycles. The number of benzene rings is 1. The van der Waals surface area contributed by atoms with Crippen LogP contribution in [-0.4, -0.2) is 8.80 Å². The van der Waals surface area contributed by atoms with Crippen molar-refractivity contribution in [2.24, 2.45) is 17.8 Å². The van der Waals surface area contributed by atoms with Crippen LogP contribution in [-0.2, 0) is 0 Å². The molecule has 1 saturated carbocycles. The minimum atomic E-state index is -0.358. The van der Waals surface area contributed by atoms with Crippen molar-refractivity contribution in [3.05, 3.63) is 47.8 Å². The fourth-order valence-corrected chi connectivity index (χ4v) is 8.81. The highest BCUT2D eigenvalue weighted by Crippen LogP contribution is 2.41. The largest absolute Gasteiger partial charge is 0.207 e. The van der Waals surface area contributed by atoms with Crippen LogP contribution in [0.3, 0.4) is 0 Å². The zero-order valence-corrected chi connectivity index (χ0v) is 18.8. The van der Waals surface area contributed by atoms with Gasteiger partial charge in [-0.1, -0.05) is 75.1 Å². The standard InChI is InChI=1S/C26H37FSi/c1-2-3-6-19-28-20-17-25(18-21-28)24-13-9-22(10-14-24)7-4-5-8-23-11-15-26(27)16-12-23/h4,7,11-12,15-16,22,24-25,28H,2-3,6,9-10,13-14,17-21H2,1H3/b7-4+/t22?,24?,25-,28-. The summed E-state index contributed by atoms with van der Waals surface area (Å²) in [5.74, 6) is 8.76. The van der Waals surface area contributed by atoms with E-state index < -0.39 is 0 Å². The van der Waals surface area contributed by atoms with Gasteiger partial charge >= 0.3 is 0 Å². The van der Waals surface area contributed by atoms with E-state index in [4.69, 9.17) is 0 Å². The molecule has 0 nitrogen and oxygen atoms in total.